The van der Waals surface area contributed by atoms with Crippen LogP contribution in [0.1, 0.15) is 39.0 Å². The van der Waals surface area contributed by atoms with Crippen LogP contribution in [0.15, 0.2) is 54.6 Å². The van der Waals surface area contributed by atoms with Gasteiger partial charge in [-0.05, 0) is 31.0 Å². The minimum Gasteiger partial charge on any atom is -0.489 e. The first-order valence-corrected chi connectivity index (χ1v) is 11.6. The molecule has 180 valence electrons. The van der Waals surface area contributed by atoms with Crippen molar-refractivity contribution in [1.82, 2.24) is 14.7 Å². The van der Waals surface area contributed by atoms with E-state index in [1.807, 2.05) is 48.5 Å². The maximum atomic E-state index is 13.6. The van der Waals surface area contributed by atoms with Crippen LogP contribution in [0.3, 0.4) is 0 Å². The SMILES string of the molecule is CCOC(=O)c1c2c(nn1Cc1ccccc1)C(=O)N([C@H]1COc3ccccc3N(C)C1=O)CC2. The molecule has 2 amide bonds. The number of anilines is 1. The zero-order valence-corrected chi connectivity index (χ0v) is 19.6. The smallest absolute Gasteiger partial charge is 0.356 e. The lowest BCUT2D eigenvalue weighted by atomic mass is 10.0. The summed E-state index contributed by atoms with van der Waals surface area (Å²) in [6.07, 6.45) is 0.379. The first kappa shape index (κ1) is 22.6. The molecule has 0 saturated carbocycles. The Balaban J connectivity index is 1.48. The average Bonchev–Trinajstić information content (AvgIpc) is 3.18. The van der Waals surface area contributed by atoms with Crippen molar-refractivity contribution in [2.45, 2.75) is 25.9 Å². The lowest BCUT2D eigenvalue weighted by Gasteiger charge is -2.33. The number of esters is 1. The summed E-state index contributed by atoms with van der Waals surface area (Å²) in [7, 11) is 1.68. The number of carbonyl (C=O) groups is 3. The Morgan fingerprint density at radius 2 is 1.86 bits per heavy atom. The van der Waals surface area contributed by atoms with Gasteiger partial charge in [0.1, 0.15) is 18.4 Å². The molecule has 2 aliphatic heterocycles. The topological polar surface area (TPSA) is 94.0 Å². The van der Waals surface area contributed by atoms with E-state index >= 15 is 0 Å². The molecule has 0 N–H and O–H groups in total. The van der Waals surface area contributed by atoms with Gasteiger partial charge in [-0.3, -0.25) is 14.3 Å². The molecule has 1 atom stereocenters. The molecule has 0 spiro atoms. The van der Waals surface area contributed by atoms with E-state index in [0.29, 0.717) is 30.0 Å². The van der Waals surface area contributed by atoms with Crippen molar-refractivity contribution in [2.24, 2.45) is 0 Å². The molecule has 2 aromatic carbocycles. The van der Waals surface area contributed by atoms with Gasteiger partial charge in [0.2, 0.25) is 0 Å². The highest BCUT2D eigenvalue weighted by Gasteiger charge is 2.41. The summed E-state index contributed by atoms with van der Waals surface area (Å²) in [5.74, 6) is -0.554. The molecule has 0 unspecified atom stereocenters. The van der Waals surface area contributed by atoms with Crippen molar-refractivity contribution in [3.8, 4) is 5.75 Å². The maximum absolute atomic E-state index is 13.6. The second-order valence-electron chi connectivity index (χ2n) is 8.48. The summed E-state index contributed by atoms with van der Waals surface area (Å²) in [4.78, 5) is 42.8. The largest absolute Gasteiger partial charge is 0.489 e. The van der Waals surface area contributed by atoms with Gasteiger partial charge in [-0.1, -0.05) is 42.5 Å². The number of nitrogens with zero attached hydrogens (tertiary/aromatic N) is 4. The molecule has 2 aliphatic rings. The normalized spacial score (nSPS) is 17.4. The van der Waals surface area contributed by atoms with Crippen molar-refractivity contribution in [3.05, 3.63) is 77.1 Å². The fraction of sp³-hybridized carbons (Fsp3) is 0.308. The lowest BCUT2D eigenvalue weighted by molar-refractivity contribution is -0.123. The van der Waals surface area contributed by atoms with E-state index in [1.54, 1.807) is 20.0 Å². The minimum atomic E-state index is -0.807. The molecule has 1 aromatic heterocycles. The van der Waals surface area contributed by atoms with Crippen LogP contribution in [0.4, 0.5) is 5.69 Å². The second-order valence-corrected chi connectivity index (χ2v) is 8.48. The van der Waals surface area contributed by atoms with Crippen LogP contribution in [-0.2, 0) is 22.5 Å². The molecule has 9 nitrogen and oxygen atoms in total. The zero-order chi connectivity index (χ0) is 24.5. The molecule has 35 heavy (non-hydrogen) atoms. The third-order valence-electron chi connectivity index (χ3n) is 6.38. The third-order valence-corrected chi connectivity index (χ3v) is 6.38. The van der Waals surface area contributed by atoms with Crippen molar-refractivity contribution in [1.29, 1.82) is 0 Å². The van der Waals surface area contributed by atoms with E-state index in [2.05, 4.69) is 5.10 Å². The molecule has 0 saturated heterocycles. The van der Waals surface area contributed by atoms with E-state index in [9.17, 15) is 14.4 Å². The van der Waals surface area contributed by atoms with Crippen LogP contribution in [0.25, 0.3) is 0 Å². The van der Waals surface area contributed by atoms with Crippen molar-refractivity contribution in [2.75, 3.05) is 31.7 Å². The summed E-state index contributed by atoms with van der Waals surface area (Å²) in [6.45, 7) is 2.57. The molecule has 9 heteroatoms. The summed E-state index contributed by atoms with van der Waals surface area (Å²) >= 11 is 0. The number of fused-ring (bicyclic) bond motifs is 2. The van der Waals surface area contributed by atoms with E-state index < -0.39 is 17.9 Å². The Kier molecular flexibility index (Phi) is 5.98. The molecule has 0 fully saturated rings. The van der Waals surface area contributed by atoms with Gasteiger partial charge in [0.15, 0.2) is 11.4 Å². The summed E-state index contributed by atoms with van der Waals surface area (Å²) in [5, 5.41) is 4.54. The monoisotopic (exact) mass is 474 g/mol. The quantitative estimate of drug-likeness (QED) is 0.528. The highest BCUT2D eigenvalue weighted by molar-refractivity contribution is 6.05. The van der Waals surface area contributed by atoms with E-state index in [-0.39, 0.29) is 37.1 Å². The number of aromatic nitrogens is 2. The number of ether oxygens (including phenoxy) is 2. The van der Waals surface area contributed by atoms with Crippen molar-refractivity contribution < 1.29 is 23.9 Å². The van der Waals surface area contributed by atoms with Gasteiger partial charge >= 0.3 is 5.97 Å². The molecular weight excluding hydrogens is 448 g/mol. The van der Waals surface area contributed by atoms with Gasteiger partial charge < -0.3 is 19.3 Å². The van der Waals surface area contributed by atoms with Crippen LogP contribution < -0.4 is 9.64 Å². The first-order chi connectivity index (χ1) is 17.0. The van der Waals surface area contributed by atoms with Gasteiger partial charge in [-0.25, -0.2) is 4.79 Å². The Bertz CT molecular complexity index is 1290. The summed E-state index contributed by atoms with van der Waals surface area (Å²) in [5.41, 5.74) is 2.61. The van der Waals surface area contributed by atoms with Gasteiger partial charge in [-0.2, -0.15) is 5.10 Å². The minimum absolute atomic E-state index is 0.0384. The number of amides is 2. The van der Waals surface area contributed by atoms with Crippen LogP contribution in [0.5, 0.6) is 5.75 Å². The molecular formula is C26H26N4O5. The third kappa shape index (κ3) is 4.03. The van der Waals surface area contributed by atoms with Crippen LogP contribution >= 0.6 is 0 Å². The Morgan fingerprint density at radius 3 is 2.63 bits per heavy atom. The van der Waals surface area contributed by atoms with Crippen LogP contribution in [0.2, 0.25) is 0 Å². The fourth-order valence-corrected chi connectivity index (χ4v) is 4.64. The van der Waals surface area contributed by atoms with Gasteiger partial charge in [0.05, 0.1) is 18.8 Å². The molecule has 0 radical (unpaired) electrons. The fourth-order valence-electron chi connectivity index (χ4n) is 4.64. The Hall–Kier alpha value is -4.14. The lowest BCUT2D eigenvalue weighted by Crippen LogP contribution is -2.54. The van der Waals surface area contributed by atoms with E-state index in [4.69, 9.17) is 9.47 Å². The number of hydrogen-bond donors (Lipinski definition) is 0. The highest BCUT2D eigenvalue weighted by Crippen LogP contribution is 2.32. The predicted octanol–water partition coefficient (Wildman–Crippen LogP) is 2.53. The predicted molar refractivity (Wildman–Crippen MR) is 128 cm³/mol. The number of rotatable bonds is 5. The number of para-hydroxylation sites is 2. The van der Waals surface area contributed by atoms with Gasteiger partial charge in [-0.15, -0.1) is 0 Å². The first-order valence-electron chi connectivity index (χ1n) is 11.6. The van der Waals surface area contributed by atoms with Gasteiger partial charge in [0, 0.05) is 19.2 Å². The molecule has 3 aromatic rings. The highest BCUT2D eigenvalue weighted by atomic mass is 16.5. The number of likely N-dealkylation sites (N-methyl/N-ethyl adjacent to an activating group) is 1. The molecule has 0 bridgehead atoms. The molecule has 3 heterocycles. The maximum Gasteiger partial charge on any atom is 0.356 e. The number of carbonyl (C=O) groups excluding carboxylic acids is 3. The van der Waals surface area contributed by atoms with Crippen LogP contribution in [0, 0.1) is 0 Å². The number of hydrogen-bond acceptors (Lipinski definition) is 6. The Morgan fingerprint density at radius 1 is 1.11 bits per heavy atom. The van der Waals surface area contributed by atoms with Crippen molar-refractivity contribution in [3.63, 3.8) is 0 Å². The summed E-state index contributed by atoms with van der Waals surface area (Å²) < 4.78 is 12.7. The van der Waals surface area contributed by atoms with Gasteiger partial charge in [0.25, 0.3) is 11.8 Å². The number of benzene rings is 2. The second kappa shape index (κ2) is 9.25. The average molecular weight is 475 g/mol. The zero-order valence-electron chi connectivity index (χ0n) is 19.6. The summed E-state index contributed by atoms with van der Waals surface area (Å²) in [6, 6.07) is 16.1. The molecule has 0 aliphatic carbocycles. The molecule has 5 rings (SSSR count). The van der Waals surface area contributed by atoms with Crippen LogP contribution in [-0.4, -0.2) is 65.3 Å². The standard InChI is InChI=1S/C26H26N4O5/c1-3-34-26(33)23-18-13-14-29(20-16-35-21-12-8-7-11-19(21)28(2)24(20)31)25(32)22(18)27-30(23)15-17-9-5-4-6-10-17/h4-12,20H,3,13-16H2,1-2H3/t20-/m0/s1. The Labute approximate surface area is 202 Å². The van der Waals surface area contributed by atoms with E-state index in [0.717, 1.165) is 5.56 Å². The van der Waals surface area contributed by atoms with Crippen molar-refractivity contribution >= 4 is 23.5 Å². The van der Waals surface area contributed by atoms with E-state index in [1.165, 1.54) is 14.5 Å².